The average molecular weight is 322 g/mol. The largest absolute Gasteiger partial charge is 0.493 e. The van der Waals surface area contributed by atoms with Crippen molar-refractivity contribution in [2.24, 2.45) is 10.8 Å². The third kappa shape index (κ3) is 5.16. The molecule has 1 saturated heterocycles. The van der Waals surface area contributed by atoms with Gasteiger partial charge in [-0.25, -0.2) is 0 Å². The normalized spacial score (nSPS) is 15.1. The smallest absolute Gasteiger partial charge is 0.184 e. The van der Waals surface area contributed by atoms with E-state index in [2.05, 4.69) is 27.6 Å². The van der Waals surface area contributed by atoms with Crippen molar-refractivity contribution >= 4 is 23.5 Å². The van der Waals surface area contributed by atoms with Gasteiger partial charge in [0.05, 0.1) is 13.3 Å². The van der Waals surface area contributed by atoms with Crippen LogP contribution in [0.25, 0.3) is 0 Å². The van der Waals surface area contributed by atoms with E-state index in [9.17, 15) is 0 Å². The lowest BCUT2D eigenvalue weighted by atomic mass is 10.2. The van der Waals surface area contributed by atoms with E-state index in [1.807, 2.05) is 18.2 Å². The minimum atomic E-state index is 0.130. The lowest BCUT2D eigenvalue weighted by Crippen LogP contribution is -2.25. The second-order valence-electron chi connectivity index (χ2n) is 5.04. The molecule has 3 N–H and O–H groups in total. The summed E-state index contributed by atoms with van der Waals surface area (Å²) in [6.07, 6.45) is 4.20. The zero-order chi connectivity index (χ0) is 15.8. The van der Waals surface area contributed by atoms with Gasteiger partial charge in [0.2, 0.25) is 0 Å². The molecule has 6 nitrogen and oxygen atoms in total. The van der Waals surface area contributed by atoms with Gasteiger partial charge in [0.15, 0.2) is 16.6 Å². The highest BCUT2D eigenvalue weighted by Gasteiger charge is 2.11. The van der Waals surface area contributed by atoms with E-state index < -0.39 is 0 Å². The second kappa shape index (κ2) is 8.55. The molecule has 0 unspecified atom stereocenters. The molecular weight excluding hydrogens is 300 g/mol. The minimum absolute atomic E-state index is 0.130. The third-order valence-corrected chi connectivity index (χ3v) is 3.53. The fraction of sp³-hybridized carbons (Fsp3) is 0.467. The zero-order valence-electron chi connectivity index (χ0n) is 12.7. The van der Waals surface area contributed by atoms with Gasteiger partial charge in [-0.3, -0.25) is 10.3 Å². The van der Waals surface area contributed by atoms with Crippen molar-refractivity contribution < 1.29 is 9.47 Å². The minimum Gasteiger partial charge on any atom is -0.493 e. The van der Waals surface area contributed by atoms with Crippen LogP contribution >= 0.6 is 12.2 Å². The van der Waals surface area contributed by atoms with Crippen LogP contribution < -0.4 is 20.6 Å². The number of hydrogen-bond donors (Lipinski definition) is 2. The standard InChI is InChI=1S/C15H22N4O2S/c1-20-14-10-12(11-17-18-15(16)22)4-5-13(14)21-9-8-19-6-2-3-7-19/h4-5,10-11H,2-3,6-9H2,1H3,(H3,16,18,22). The van der Waals surface area contributed by atoms with Crippen LogP contribution in [0.1, 0.15) is 18.4 Å². The molecule has 1 aliphatic heterocycles. The van der Waals surface area contributed by atoms with E-state index in [1.165, 1.54) is 25.9 Å². The van der Waals surface area contributed by atoms with Crippen molar-refractivity contribution in [3.05, 3.63) is 23.8 Å². The van der Waals surface area contributed by atoms with Gasteiger partial charge in [0, 0.05) is 6.54 Å². The Morgan fingerprint density at radius 2 is 2.18 bits per heavy atom. The van der Waals surface area contributed by atoms with Crippen LogP contribution in [-0.2, 0) is 0 Å². The fourth-order valence-corrected chi connectivity index (χ4v) is 2.40. The lowest BCUT2D eigenvalue weighted by Gasteiger charge is -2.16. The van der Waals surface area contributed by atoms with Crippen LogP contribution in [0.3, 0.4) is 0 Å². The average Bonchev–Trinajstić information content (AvgIpc) is 3.01. The molecule has 2 rings (SSSR count). The summed E-state index contributed by atoms with van der Waals surface area (Å²) >= 11 is 4.68. The molecule has 1 heterocycles. The summed E-state index contributed by atoms with van der Waals surface area (Å²) in [5, 5.41) is 4.05. The summed E-state index contributed by atoms with van der Waals surface area (Å²) < 4.78 is 11.2. The van der Waals surface area contributed by atoms with Crippen LogP contribution in [0.4, 0.5) is 0 Å². The number of hydrogen-bond acceptors (Lipinski definition) is 5. The number of rotatable bonds is 7. The maximum Gasteiger partial charge on any atom is 0.184 e. The molecular formula is C15H22N4O2S. The van der Waals surface area contributed by atoms with Crippen LogP contribution in [0.15, 0.2) is 23.3 Å². The lowest BCUT2D eigenvalue weighted by molar-refractivity contribution is 0.230. The number of nitrogens with one attached hydrogen (secondary N) is 1. The molecule has 22 heavy (non-hydrogen) atoms. The van der Waals surface area contributed by atoms with Gasteiger partial charge < -0.3 is 15.2 Å². The number of likely N-dealkylation sites (tertiary alicyclic amines) is 1. The maximum absolute atomic E-state index is 5.82. The molecule has 0 amide bonds. The first kappa shape index (κ1) is 16.5. The van der Waals surface area contributed by atoms with Crippen molar-refractivity contribution in [1.29, 1.82) is 0 Å². The Bertz CT molecular complexity index is 530. The Hall–Kier alpha value is -1.86. The van der Waals surface area contributed by atoms with E-state index in [1.54, 1.807) is 13.3 Å². The molecule has 1 aromatic carbocycles. The summed E-state index contributed by atoms with van der Waals surface area (Å²) in [6.45, 7) is 3.95. The Balaban J connectivity index is 1.90. The third-order valence-electron chi connectivity index (χ3n) is 3.44. The van der Waals surface area contributed by atoms with Crippen LogP contribution in [0.5, 0.6) is 11.5 Å². The van der Waals surface area contributed by atoms with Crippen molar-refractivity contribution in [2.45, 2.75) is 12.8 Å². The Kier molecular flexibility index (Phi) is 6.42. The van der Waals surface area contributed by atoms with Crippen molar-refractivity contribution in [1.82, 2.24) is 10.3 Å². The van der Waals surface area contributed by atoms with E-state index in [0.717, 1.165) is 17.9 Å². The number of hydrazone groups is 1. The van der Waals surface area contributed by atoms with Gasteiger partial charge in [0.25, 0.3) is 0 Å². The number of methoxy groups -OCH3 is 1. The monoisotopic (exact) mass is 322 g/mol. The molecule has 1 aliphatic rings. The van der Waals surface area contributed by atoms with Gasteiger partial charge in [-0.2, -0.15) is 5.10 Å². The maximum atomic E-state index is 5.82. The van der Waals surface area contributed by atoms with E-state index in [-0.39, 0.29) is 5.11 Å². The molecule has 1 fully saturated rings. The Labute approximate surface area is 136 Å². The quantitative estimate of drug-likeness (QED) is 0.448. The predicted molar refractivity (Wildman–Crippen MR) is 91.7 cm³/mol. The van der Waals surface area contributed by atoms with E-state index in [4.69, 9.17) is 15.2 Å². The molecule has 0 aromatic heterocycles. The highest BCUT2D eigenvalue weighted by Crippen LogP contribution is 2.27. The van der Waals surface area contributed by atoms with Gasteiger partial charge in [-0.05, 0) is 61.9 Å². The summed E-state index contributed by atoms with van der Waals surface area (Å²) in [6, 6.07) is 5.64. The zero-order valence-corrected chi connectivity index (χ0v) is 13.6. The van der Waals surface area contributed by atoms with Gasteiger partial charge >= 0.3 is 0 Å². The number of thiocarbonyl (C=S) groups is 1. The Morgan fingerprint density at radius 3 is 2.86 bits per heavy atom. The van der Waals surface area contributed by atoms with Gasteiger partial charge in [-0.15, -0.1) is 0 Å². The molecule has 0 atom stereocenters. The number of benzene rings is 1. The number of nitrogens with two attached hydrogens (primary N) is 1. The summed E-state index contributed by atoms with van der Waals surface area (Å²) in [5.41, 5.74) is 8.68. The molecule has 1 aromatic rings. The van der Waals surface area contributed by atoms with Crippen molar-refractivity contribution in [3.8, 4) is 11.5 Å². The molecule has 0 saturated carbocycles. The summed E-state index contributed by atoms with van der Waals surface area (Å²) in [7, 11) is 1.62. The number of nitrogens with zero attached hydrogens (tertiary/aromatic N) is 2. The fourth-order valence-electron chi connectivity index (χ4n) is 2.35. The van der Waals surface area contributed by atoms with Crippen molar-refractivity contribution in [2.75, 3.05) is 33.4 Å². The first-order chi connectivity index (χ1) is 10.7. The van der Waals surface area contributed by atoms with E-state index in [0.29, 0.717) is 12.4 Å². The highest BCUT2D eigenvalue weighted by atomic mass is 32.1. The van der Waals surface area contributed by atoms with Crippen LogP contribution in [-0.4, -0.2) is 49.6 Å². The molecule has 0 aliphatic carbocycles. The highest BCUT2D eigenvalue weighted by molar-refractivity contribution is 7.80. The molecule has 120 valence electrons. The topological polar surface area (TPSA) is 72.1 Å². The predicted octanol–water partition coefficient (Wildman–Crippen LogP) is 1.34. The molecule has 0 radical (unpaired) electrons. The van der Waals surface area contributed by atoms with Crippen LogP contribution in [0, 0.1) is 0 Å². The van der Waals surface area contributed by atoms with Crippen molar-refractivity contribution in [3.63, 3.8) is 0 Å². The van der Waals surface area contributed by atoms with Crippen LogP contribution in [0.2, 0.25) is 0 Å². The summed E-state index contributed by atoms with van der Waals surface area (Å²) in [5.74, 6) is 1.42. The molecule has 0 spiro atoms. The van der Waals surface area contributed by atoms with E-state index >= 15 is 0 Å². The number of ether oxygens (including phenoxy) is 2. The molecule has 0 bridgehead atoms. The summed E-state index contributed by atoms with van der Waals surface area (Å²) in [4.78, 5) is 2.41. The van der Waals surface area contributed by atoms with Gasteiger partial charge in [-0.1, -0.05) is 0 Å². The molecule has 7 heteroatoms. The SMILES string of the molecule is COc1cc(C=NNC(N)=S)ccc1OCCN1CCCC1. The Morgan fingerprint density at radius 1 is 1.41 bits per heavy atom. The first-order valence-corrected chi connectivity index (χ1v) is 7.71. The first-order valence-electron chi connectivity index (χ1n) is 7.31. The second-order valence-corrected chi connectivity index (χ2v) is 5.48. The van der Waals surface area contributed by atoms with Gasteiger partial charge in [0.1, 0.15) is 6.61 Å².